The molecule has 0 saturated carbocycles. The van der Waals surface area contributed by atoms with Gasteiger partial charge >= 0.3 is 5.97 Å². The van der Waals surface area contributed by atoms with Crippen LogP contribution in [-0.4, -0.2) is 66.7 Å². The predicted molar refractivity (Wildman–Crippen MR) is 242 cm³/mol. The van der Waals surface area contributed by atoms with Crippen molar-refractivity contribution in [1.29, 1.82) is 0 Å². The number of carbonyl (C=O) groups excluding carboxylic acids is 3. The van der Waals surface area contributed by atoms with Crippen molar-refractivity contribution in [3.05, 3.63) is 202 Å². The van der Waals surface area contributed by atoms with Crippen molar-refractivity contribution in [1.82, 2.24) is 15.2 Å². The van der Waals surface area contributed by atoms with Crippen LogP contribution in [0.4, 0.5) is 5.13 Å². The van der Waals surface area contributed by atoms with E-state index in [9.17, 15) is 18.6 Å². The van der Waals surface area contributed by atoms with Crippen LogP contribution in [0.15, 0.2) is 173 Å². The number of amides is 2. The molecule has 2 N–H and O–H groups in total. The maximum absolute atomic E-state index is 14.3. The number of benzene rings is 5. The summed E-state index contributed by atoms with van der Waals surface area (Å²) >= 11 is 13.7. The number of nitrogens with one attached hydrogen (secondary N) is 2. The Balaban J connectivity index is 1.07. The first-order chi connectivity index (χ1) is 30.2. The number of alkyl halides is 2. The fraction of sp³-hybridized carbons (Fsp3) is 0.170. The Kier molecular flexibility index (Phi) is 13.0. The summed E-state index contributed by atoms with van der Waals surface area (Å²) in [5.74, 6) is -2.43. The average molecular weight is 905 g/mol. The van der Waals surface area contributed by atoms with Gasteiger partial charge in [-0.2, -0.15) is 0 Å². The van der Waals surface area contributed by atoms with Gasteiger partial charge in [0.1, 0.15) is 40.3 Å². The first-order valence-corrected chi connectivity index (χ1v) is 22.7. The number of esters is 1. The van der Waals surface area contributed by atoms with Crippen LogP contribution < -0.4 is 10.6 Å². The molecule has 0 bridgehead atoms. The third-order valence-corrected chi connectivity index (χ3v) is 13.3. The number of hydrogen-bond donors (Lipinski definition) is 2. The highest BCUT2D eigenvalue weighted by atomic mass is 35.5. The normalized spacial score (nSPS) is 17.6. The molecule has 1 fully saturated rings. The smallest absolute Gasteiger partial charge is 0.356 e. The van der Waals surface area contributed by atoms with Crippen molar-refractivity contribution >= 4 is 74.0 Å². The van der Waals surface area contributed by atoms with Gasteiger partial charge in [-0.05, 0) is 33.4 Å². The minimum atomic E-state index is -1.77. The van der Waals surface area contributed by atoms with Crippen molar-refractivity contribution in [2.75, 3.05) is 18.2 Å². The monoisotopic (exact) mass is 903 g/mol. The van der Waals surface area contributed by atoms with Gasteiger partial charge in [0.15, 0.2) is 16.9 Å². The highest BCUT2D eigenvalue weighted by Gasteiger charge is 2.58. The molecular weight excluding hydrogens is 866 g/mol. The molecule has 2 aliphatic heterocycles. The second-order valence-electron chi connectivity index (χ2n) is 14.4. The number of β-lactam (4-membered cyclic amide) rings is 1. The molecule has 15 heteroatoms. The standard InChI is InChI=1S/C47H39Cl2N5O6S2/c1-59-53-38(36-28-61-46(50-36)52-47(33-21-11-4-12-22-33,34-23-13-5-14-24-34)35-25-15-6-16-26-35)42(55)51-39-43(56)54-40(32(27-37(48)49)29-62(58)44(39)54)45(57)60-41(30-17-7-2-8-18-30)31-19-9-3-10-20-31/h2-26,28,37,39,41,44H,27,29H2,1H3,(H,50,52)(H,51,55)/b53-38+. The molecule has 314 valence electrons. The lowest BCUT2D eigenvalue weighted by Crippen LogP contribution is -2.74. The Hall–Kier alpha value is -6.12. The number of thiazole rings is 1. The molecule has 3 atom stereocenters. The number of carbonyl (C=O) groups is 3. The van der Waals surface area contributed by atoms with E-state index >= 15 is 0 Å². The zero-order chi connectivity index (χ0) is 43.2. The molecule has 11 nitrogen and oxygen atoms in total. The summed E-state index contributed by atoms with van der Waals surface area (Å²) in [6.07, 6.45) is -0.873. The number of halogens is 2. The van der Waals surface area contributed by atoms with Crippen LogP contribution >= 0.6 is 34.5 Å². The van der Waals surface area contributed by atoms with E-state index in [1.807, 2.05) is 152 Å². The number of hydrogen-bond acceptors (Lipinski definition) is 10. The fourth-order valence-corrected chi connectivity index (χ4v) is 10.6. The minimum absolute atomic E-state index is 0.0426. The van der Waals surface area contributed by atoms with Crippen molar-refractivity contribution in [2.24, 2.45) is 5.16 Å². The molecule has 5 aromatic carbocycles. The van der Waals surface area contributed by atoms with Gasteiger partial charge in [0.25, 0.3) is 11.8 Å². The molecule has 0 spiro atoms. The quantitative estimate of drug-likeness (QED) is 0.0264. The van der Waals surface area contributed by atoms with Crippen LogP contribution in [0.2, 0.25) is 0 Å². The lowest BCUT2D eigenvalue weighted by atomic mass is 9.77. The van der Waals surface area contributed by atoms with E-state index in [1.54, 1.807) is 5.38 Å². The van der Waals surface area contributed by atoms with Crippen molar-refractivity contribution in [2.45, 2.75) is 34.3 Å². The Labute approximate surface area is 374 Å². The van der Waals surface area contributed by atoms with Gasteiger partial charge in [0.2, 0.25) is 0 Å². The molecule has 1 aromatic heterocycles. The molecule has 2 amide bonds. The van der Waals surface area contributed by atoms with E-state index in [2.05, 4.69) is 15.8 Å². The third kappa shape index (κ3) is 8.53. The Bertz CT molecular complexity index is 2500. The van der Waals surface area contributed by atoms with Gasteiger partial charge in [-0.15, -0.1) is 34.5 Å². The van der Waals surface area contributed by atoms with Gasteiger partial charge in [-0.3, -0.25) is 18.7 Å². The van der Waals surface area contributed by atoms with Gasteiger partial charge in [0, 0.05) is 17.6 Å². The highest BCUT2D eigenvalue weighted by molar-refractivity contribution is 7.86. The van der Waals surface area contributed by atoms with E-state index in [4.69, 9.17) is 37.8 Å². The number of aromatic nitrogens is 1. The topological polar surface area (TPSA) is 139 Å². The molecule has 6 aromatic rings. The zero-order valence-electron chi connectivity index (χ0n) is 33.1. The van der Waals surface area contributed by atoms with Crippen molar-refractivity contribution in [3.63, 3.8) is 0 Å². The number of rotatable bonds is 15. The first kappa shape index (κ1) is 42.6. The van der Waals surface area contributed by atoms with Gasteiger partial charge in [-0.25, -0.2) is 9.78 Å². The number of fused-ring (bicyclic) bond motifs is 1. The van der Waals surface area contributed by atoms with Gasteiger partial charge < -0.3 is 20.2 Å². The number of anilines is 1. The summed E-state index contributed by atoms with van der Waals surface area (Å²) in [5, 5.41) is 11.4. The summed E-state index contributed by atoms with van der Waals surface area (Å²) in [5.41, 5.74) is 3.52. The highest BCUT2D eigenvalue weighted by Crippen LogP contribution is 2.42. The maximum Gasteiger partial charge on any atom is 0.356 e. The van der Waals surface area contributed by atoms with E-state index in [0.717, 1.165) is 21.6 Å². The van der Waals surface area contributed by atoms with Crippen molar-refractivity contribution in [3.8, 4) is 0 Å². The van der Waals surface area contributed by atoms with Crippen LogP contribution in [0, 0.1) is 0 Å². The largest absolute Gasteiger partial charge is 0.448 e. The predicted octanol–water partition coefficient (Wildman–Crippen LogP) is 8.09. The molecule has 0 aliphatic carbocycles. The molecular formula is C47H39Cl2N5O6S2. The number of ether oxygens (including phenoxy) is 1. The van der Waals surface area contributed by atoms with Crippen LogP contribution in [-0.2, 0) is 40.3 Å². The fourth-order valence-electron chi connectivity index (χ4n) is 7.82. The average Bonchev–Trinajstić information content (AvgIpc) is 3.77. The summed E-state index contributed by atoms with van der Waals surface area (Å²) in [6.45, 7) is 0. The first-order valence-electron chi connectivity index (χ1n) is 19.5. The molecule has 1 saturated heterocycles. The lowest BCUT2D eigenvalue weighted by Gasteiger charge is -2.49. The van der Waals surface area contributed by atoms with E-state index in [0.29, 0.717) is 21.8 Å². The summed E-state index contributed by atoms with van der Waals surface area (Å²) < 4.78 is 20.1. The molecule has 3 unspecified atom stereocenters. The van der Waals surface area contributed by atoms with E-state index < -0.39 is 56.5 Å². The van der Waals surface area contributed by atoms with Crippen LogP contribution in [0.3, 0.4) is 0 Å². The lowest BCUT2D eigenvalue weighted by molar-refractivity contribution is -0.154. The Morgan fingerprint density at radius 3 is 1.82 bits per heavy atom. The van der Waals surface area contributed by atoms with E-state index in [1.165, 1.54) is 18.4 Å². The Morgan fingerprint density at radius 1 is 0.839 bits per heavy atom. The molecule has 3 heterocycles. The molecule has 2 aliphatic rings. The Morgan fingerprint density at radius 2 is 1.34 bits per heavy atom. The SMILES string of the molecule is CO/N=C(/C(=O)NC1C(=O)N2C(C(=O)OC(c3ccccc3)c3ccccc3)=C(CC(Cl)Cl)CS(=O)C12)c1csc(NC(c2ccccc2)(c2ccccc2)c2ccccc2)n1. The second kappa shape index (κ2) is 18.9. The zero-order valence-corrected chi connectivity index (χ0v) is 36.2. The second-order valence-corrected chi connectivity index (χ2v) is 18.0. The van der Waals surface area contributed by atoms with Crippen LogP contribution in [0.1, 0.15) is 46.0 Å². The van der Waals surface area contributed by atoms with Crippen LogP contribution in [0.5, 0.6) is 0 Å². The third-order valence-electron chi connectivity index (χ3n) is 10.6. The van der Waals surface area contributed by atoms with Crippen molar-refractivity contribution < 1.29 is 28.2 Å². The summed E-state index contributed by atoms with van der Waals surface area (Å²) in [4.78, 5) is 52.6. The summed E-state index contributed by atoms with van der Waals surface area (Å²) in [7, 11) is -0.483. The molecule has 8 rings (SSSR count). The summed E-state index contributed by atoms with van der Waals surface area (Å²) in [6, 6.07) is 47.0. The van der Waals surface area contributed by atoms with Gasteiger partial charge in [0.05, 0.1) is 10.8 Å². The van der Waals surface area contributed by atoms with Gasteiger partial charge in [-0.1, -0.05) is 157 Å². The van der Waals surface area contributed by atoms with E-state index in [-0.39, 0.29) is 29.3 Å². The van der Waals surface area contributed by atoms with Crippen LogP contribution in [0.25, 0.3) is 0 Å². The number of oxime groups is 1. The number of nitrogens with zero attached hydrogens (tertiary/aromatic N) is 3. The molecule has 0 radical (unpaired) electrons. The maximum atomic E-state index is 14.3. The molecule has 62 heavy (non-hydrogen) atoms. The minimum Gasteiger partial charge on any atom is -0.448 e.